The topological polar surface area (TPSA) is 55.8 Å². The van der Waals surface area contributed by atoms with E-state index in [1.807, 2.05) is 13.8 Å². The monoisotopic (exact) mass is 190 g/mol. The standard InChI is InChI=1S/C9H18O4/c1-3-5-8(9(10)11)13-7-6-12-4-2/h8H,3-7H2,1-2H3,(H,10,11). The third-order valence-corrected chi connectivity index (χ3v) is 1.58. The maximum absolute atomic E-state index is 10.6. The average Bonchev–Trinajstić information content (AvgIpc) is 2.10. The molecule has 78 valence electrons. The first-order valence-corrected chi connectivity index (χ1v) is 4.64. The van der Waals surface area contributed by atoms with Crippen molar-refractivity contribution >= 4 is 5.97 Å². The van der Waals surface area contributed by atoms with Crippen LogP contribution in [0.15, 0.2) is 0 Å². The van der Waals surface area contributed by atoms with Crippen LogP contribution in [0.5, 0.6) is 0 Å². The van der Waals surface area contributed by atoms with Crippen LogP contribution >= 0.6 is 0 Å². The molecule has 0 aliphatic rings. The molecule has 1 N–H and O–H groups in total. The summed E-state index contributed by atoms with van der Waals surface area (Å²) in [5.41, 5.74) is 0. The molecule has 0 aromatic carbocycles. The van der Waals surface area contributed by atoms with Crippen molar-refractivity contribution in [2.24, 2.45) is 0 Å². The minimum Gasteiger partial charge on any atom is -0.479 e. The summed E-state index contributed by atoms with van der Waals surface area (Å²) in [6.45, 7) is 5.27. The molecule has 0 spiro atoms. The molecule has 0 amide bonds. The van der Waals surface area contributed by atoms with Gasteiger partial charge in [-0.25, -0.2) is 4.79 Å². The molecular formula is C9H18O4. The normalized spacial score (nSPS) is 12.8. The van der Waals surface area contributed by atoms with E-state index in [0.29, 0.717) is 26.2 Å². The van der Waals surface area contributed by atoms with Crippen LogP contribution in [0.4, 0.5) is 0 Å². The van der Waals surface area contributed by atoms with E-state index in [1.165, 1.54) is 0 Å². The first kappa shape index (κ1) is 12.4. The van der Waals surface area contributed by atoms with Gasteiger partial charge in [-0.1, -0.05) is 13.3 Å². The summed E-state index contributed by atoms with van der Waals surface area (Å²) in [6.07, 6.45) is 0.693. The number of hydrogen-bond acceptors (Lipinski definition) is 3. The van der Waals surface area contributed by atoms with Gasteiger partial charge in [0.1, 0.15) is 0 Å². The lowest BCUT2D eigenvalue weighted by Gasteiger charge is -2.12. The van der Waals surface area contributed by atoms with Gasteiger partial charge in [0.2, 0.25) is 0 Å². The molecular weight excluding hydrogens is 172 g/mol. The van der Waals surface area contributed by atoms with Crippen LogP contribution < -0.4 is 0 Å². The summed E-state index contributed by atoms with van der Waals surface area (Å²) in [5.74, 6) is -0.890. The van der Waals surface area contributed by atoms with Crippen molar-refractivity contribution in [3.63, 3.8) is 0 Å². The van der Waals surface area contributed by atoms with Gasteiger partial charge in [-0.2, -0.15) is 0 Å². The first-order valence-electron chi connectivity index (χ1n) is 4.64. The lowest BCUT2D eigenvalue weighted by molar-refractivity contribution is -0.151. The summed E-state index contributed by atoms with van der Waals surface area (Å²) in [5, 5.41) is 8.70. The van der Waals surface area contributed by atoms with E-state index in [4.69, 9.17) is 14.6 Å². The molecule has 1 atom stereocenters. The number of rotatable bonds is 8. The highest BCUT2D eigenvalue weighted by Crippen LogP contribution is 2.01. The van der Waals surface area contributed by atoms with Crippen molar-refractivity contribution < 1.29 is 19.4 Å². The number of carboxylic acids is 1. The SMILES string of the molecule is CCCC(OCCOCC)C(=O)O. The van der Waals surface area contributed by atoms with Crippen molar-refractivity contribution in [1.82, 2.24) is 0 Å². The molecule has 0 heterocycles. The van der Waals surface area contributed by atoms with Crippen LogP contribution in [0.25, 0.3) is 0 Å². The molecule has 0 aliphatic heterocycles. The number of aliphatic carboxylic acids is 1. The van der Waals surface area contributed by atoms with Crippen molar-refractivity contribution in [2.75, 3.05) is 19.8 Å². The van der Waals surface area contributed by atoms with E-state index in [1.54, 1.807) is 0 Å². The first-order chi connectivity index (χ1) is 6.22. The maximum Gasteiger partial charge on any atom is 0.332 e. The molecule has 4 nitrogen and oxygen atoms in total. The quantitative estimate of drug-likeness (QED) is 0.586. The van der Waals surface area contributed by atoms with Crippen LogP contribution in [0.3, 0.4) is 0 Å². The minimum atomic E-state index is -0.890. The Balaban J connectivity index is 3.51. The van der Waals surface area contributed by atoms with Gasteiger partial charge in [-0.15, -0.1) is 0 Å². The fourth-order valence-electron chi connectivity index (χ4n) is 0.934. The Bertz CT molecular complexity index is 136. The second kappa shape index (κ2) is 8.01. The number of carbonyl (C=O) groups is 1. The van der Waals surface area contributed by atoms with E-state index in [-0.39, 0.29) is 0 Å². The van der Waals surface area contributed by atoms with Gasteiger partial charge in [0.25, 0.3) is 0 Å². The lowest BCUT2D eigenvalue weighted by Crippen LogP contribution is -2.25. The number of carboxylic acid groups (broad SMARTS) is 1. The highest BCUT2D eigenvalue weighted by Gasteiger charge is 2.15. The van der Waals surface area contributed by atoms with Crippen LogP contribution in [-0.4, -0.2) is 37.0 Å². The summed E-state index contributed by atoms with van der Waals surface area (Å²) in [6, 6.07) is 0. The zero-order valence-electron chi connectivity index (χ0n) is 8.28. The summed E-state index contributed by atoms with van der Waals surface area (Å²) < 4.78 is 10.1. The summed E-state index contributed by atoms with van der Waals surface area (Å²) >= 11 is 0. The summed E-state index contributed by atoms with van der Waals surface area (Å²) in [4.78, 5) is 10.6. The van der Waals surface area contributed by atoms with E-state index in [9.17, 15) is 4.79 Å². The average molecular weight is 190 g/mol. The molecule has 4 heteroatoms. The van der Waals surface area contributed by atoms with E-state index < -0.39 is 12.1 Å². The highest BCUT2D eigenvalue weighted by atomic mass is 16.5. The van der Waals surface area contributed by atoms with Crippen molar-refractivity contribution in [2.45, 2.75) is 32.8 Å². The Morgan fingerprint density at radius 3 is 2.54 bits per heavy atom. The second-order valence-corrected chi connectivity index (χ2v) is 2.68. The Morgan fingerprint density at radius 2 is 2.08 bits per heavy atom. The fourth-order valence-corrected chi connectivity index (χ4v) is 0.934. The Hall–Kier alpha value is -0.610. The third-order valence-electron chi connectivity index (χ3n) is 1.58. The van der Waals surface area contributed by atoms with Gasteiger partial charge in [0.05, 0.1) is 13.2 Å². The van der Waals surface area contributed by atoms with Gasteiger partial charge < -0.3 is 14.6 Å². The molecule has 0 saturated heterocycles. The Kier molecular flexibility index (Phi) is 7.63. The smallest absolute Gasteiger partial charge is 0.332 e. The molecule has 0 saturated carbocycles. The van der Waals surface area contributed by atoms with Crippen LogP contribution in [0, 0.1) is 0 Å². The van der Waals surface area contributed by atoms with E-state index in [2.05, 4.69) is 0 Å². The molecule has 0 rings (SSSR count). The molecule has 0 radical (unpaired) electrons. The second-order valence-electron chi connectivity index (χ2n) is 2.68. The minimum absolute atomic E-state index is 0.352. The molecule has 0 aliphatic carbocycles. The van der Waals surface area contributed by atoms with Gasteiger partial charge in [0.15, 0.2) is 6.10 Å². The Labute approximate surface area is 78.8 Å². The van der Waals surface area contributed by atoms with E-state index in [0.717, 1.165) is 6.42 Å². The van der Waals surface area contributed by atoms with Crippen molar-refractivity contribution in [3.8, 4) is 0 Å². The van der Waals surface area contributed by atoms with Crippen LogP contribution in [-0.2, 0) is 14.3 Å². The van der Waals surface area contributed by atoms with Gasteiger partial charge in [-0.05, 0) is 13.3 Å². The molecule has 0 aromatic rings. The molecule has 0 fully saturated rings. The van der Waals surface area contributed by atoms with Gasteiger partial charge in [0, 0.05) is 6.61 Å². The van der Waals surface area contributed by atoms with Crippen LogP contribution in [0.1, 0.15) is 26.7 Å². The number of hydrogen-bond donors (Lipinski definition) is 1. The van der Waals surface area contributed by atoms with Crippen molar-refractivity contribution in [1.29, 1.82) is 0 Å². The zero-order chi connectivity index (χ0) is 10.1. The molecule has 0 aromatic heterocycles. The van der Waals surface area contributed by atoms with E-state index >= 15 is 0 Å². The zero-order valence-corrected chi connectivity index (χ0v) is 8.28. The molecule has 0 bridgehead atoms. The molecule has 1 unspecified atom stereocenters. The summed E-state index contributed by atoms with van der Waals surface area (Å²) in [7, 11) is 0. The largest absolute Gasteiger partial charge is 0.479 e. The highest BCUT2D eigenvalue weighted by molar-refractivity contribution is 5.72. The fraction of sp³-hybridized carbons (Fsp3) is 0.889. The van der Waals surface area contributed by atoms with Crippen LogP contribution in [0.2, 0.25) is 0 Å². The Morgan fingerprint density at radius 1 is 1.38 bits per heavy atom. The van der Waals surface area contributed by atoms with Crippen molar-refractivity contribution in [3.05, 3.63) is 0 Å². The maximum atomic E-state index is 10.6. The third kappa shape index (κ3) is 6.54. The van der Waals surface area contributed by atoms with Gasteiger partial charge >= 0.3 is 5.97 Å². The molecule has 13 heavy (non-hydrogen) atoms. The van der Waals surface area contributed by atoms with Gasteiger partial charge in [-0.3, -0.25) is 0 Å². The lowest BCUT2D eigenvalue weighted by atomic mass is 10.2. The predicted octanol–water partition coefficient (Wildman–Crippen LogP) is 1.29. The predicted molar refractivity (Wildman–Crippen MR) is 48.8 cm³/mol. The number of ether oxygens (including phenoxy) is 2.